The van der Waals surface area contributed by atoms with Gasteiger partial charge in [-0.3, -0.25) is 4.79 Å². The molecule has 0 aromatic heterocycles. The minimum Gasteiger partial charge on any atom is -0.381 e. The lowest BCUT2D eigenvalue weighted by molar-refractivity contribution is -0.124. The van der Waals surface area contributed by atoms with Gasteiger partial charge in [0.05, 0.1) is 12.5 Å². The van der Waals surface area contributed by atoms with Crippen molar-refractivity contribution in [3.8, 4) is 0 Å². The summed E-state index contributed by atoms with van der Waals surface area (Å²) in [4.78, 5) is 11.2. The van der Waals surface area contributed by atoms with Crippen molar-refractivity contribution in [3.63, 3.8) is 0 Å². The first-order valence-corrected chi connectivity index (χ1v) is 3.81. The molecule has 1 unspecified atom stereocenters. The van der Waals surface area contributed by atoms with Gasteiger partial charge in [0.2, 0.25) is 5.91 Å². The minimum atomic E-state index is 0.0648. The van der Waals surface area contributed by atoms with E-state index in [0.29, 0.717) is 19.8 Å². The van der Waals surface area contributed by atoms with Crippen LogP contribution in [0.4, 0.5) is 0 Å². The standard InChI is InChI=1S/C8H13NO2/c1-2-4-9-8(10)7-3-5-11-6-7/h2,7H,1,3-6H2,(H,9,10). The van der Waals surface area contributed by atoms with Gasteiger partial charge in [0, 0.05) is 13.2 Å². The molecule has 0 aromatic carbocycles. The van der Waals surface area contributed by atoms with Gasteiger partial charge in [0.25, 0.3) is 0 Å². The highest BCUT2D eigenvalue weighted by Crippen LogP contribution is 2.11. The highest BCUT2D eigenvalue weighted by molar-refractivity contribution is 5.79. The molecule has 1 amide bonds. The van der Waals surface area contributed by atoms with Crippen LogP contribution in [0.15, 0.2) is 12.7 Å². The number of rotatable bonds is 3. The molecule has 3 nitrogen and oxygen atoms in total. The Hall–Kier alpha value is -0.830. The Morgan fingerprint density at radius 1 is 1.82 bits per heavy atom. The highest BCUT2D eigenvalue weighted by Gasteiger charge is 2.22. The Bertz CT molecular complexity index is 150. The molecule has 11 heavy (non-hydrogen) atoms. The summed E-state index contributed by atoms with van der Waals surface area (Å²) in [6.07, 6.45) is 2.52. The van der Waals surface area contributed by atoms with Gasteiger partial charge in [-0.1, -0.05) is 6.08 Å². The fourth-order valence-electron chi connectivity index (χ4n) is 1.06. The third-order valence-electron chi connectivity index (χ3n) is 1.72. The Kier molecular flexibility index (Phi) is 3.11. The monoisotopic (exact) mass is 155 g/mol. The van der Waals surface area contributed by atoms with Crippen LogP contribution in [0, 0.1) is 5.92 Å². The number of amides is 1. The molecule has 3 heteroatoms. The van der Waals surface area contributed by atoms with Crippen LogP contribution in [-0.2, 0) is 9.53 Å². The van der Waals surface area contributed by atoms with Crippen LogP contribution >= 0.6 is 0 Å². The van der Waals surface area contributed by atoms with Gasteiger partial charge in [-0.25, -0.2) is 0 Å². The van der Waals surface area contributed by atoms with Crippen LogP contribution < -0.4 is 5.32 Å². The number of nitrogens with one attached hydrogen (secondary N) is 1. The van der Waals surface area contributed by atoms with Crippen LogP contribution in [0.3, 0.4) is 0 Å². The average Bonchev–Trinajstić information content (AvgIpc) is 2.52. The summed E-state index contributed by atoms with van der Waals surface area (Å²) in [5.74, 6) is 0.150. The fourth-order valence-corrected chi connectivity index (χ4v) is 1.06. The third-order valence-corrected chi connectivity index (χ3v) is 1.72. The van der Waals surface area contributed by atoms with Crippen LogP contribution in [-0.4, -0.2) is 25.7 Å². The fraction of sp³-hybridized carbons (Fsp3) is 0.625. The lowest BCUT2D eigenvalue weighted by Gasteiger charge is -2.06. The van der Waals surface area contributed by atoms with Gasteiger partial charge < -0.3 is 10.1 Å². The number of carbonyl (C=O) groups excluding carboxylic acids is 1. The number of ether oxygens (including phenoxy) is 1. The van der Waals surface area contributed by atoms with Crippen molar-refractivity contribution in [2.45, 2.75) is 6.42 Å². The zero-order chi connectivity index (χ0) is 8.10. The van der Waals surface area contributed by atoms with E-state index in [4.69, 9.17) is 4.74 Å². The molecule has 1 rings (SSSR count). The van der Waals surface area contributed by atoms with E-state index in [-0.39, 0.29) is 11.8 Å². The minimum absolute atomic E-state index is 0.0648. The molecule has 0 spiro atoms. The Balaban J connectivity index is 2.22. The van der Waals surface area contributed by atoms with Crippen molar-refractivity contribution < 1.29 is 9.53 Å². The molecular formula is C8H13NO2. The van der Waals surface area contributed by atoms with Gasteiger partial charge in [-0.15, -0.1) is 6.58 Å². The maximum absolute atomic E-state index is 11.2. The molecule has 62 valence electrons. The van der Waals surface area contributed by atoms with Crippen LogP contribution in [0.25, 0.3) is 0 Å². The molecule has 1 fully saturated rings. The summed E-state index contributed by atoms with van der Waals surface area (Å²) in [6, 6.07) is 0. The van der Waals surface area contributed by atoms with Crippen molar-refractivity contribution >= 4 is 5.91 Å². The van der Waals surface area contributed by atoms with Gasteiger partial charge >= 0.3 is 0 Å². The quantitative estimate of drug-likeness (QED) is 0.596. The largest absolute Gasteiger partial charge is 0.381 e. The summed E-state index contributed by atoms with van der Waals surface area (Å²) in [5, 5.41) is 2.74. The smallest absolute Gasteiger partial charge is 0.225 e. The summed E-state index contributed by atoms with van der Waals surface area (Å²) in [5.41, 5.74) is 0. The van der Waals surface area contributed by atoms with Crippen molar-refractivity contribution in [1.29, 1.82) is 0 Å². The normalized spacial score (nSPS) is 23.1. The summed E-state index contributed by atoms with van der Waals surface area (Å²) in [7, 11) is 0. The molecule has 1 aliphatic rings. The van der Waals surface area contributed by atoms with E-state index >= 15 is 0 Å². The molecule has 0 saturated carbocycles. The summed E-state index contributed by atoms with van der Waals surface area (Å²) in [6.45, 7) is 5.35. The van der Waals surface area contributed by atoms with Crippen LogP contribution in [0.5, 0.6) is 0 Å². The van der Waals surface area contributed by atoms with Crippen molar-refractivity contribution in [2.24, 2.45) is 5.92 Å². The molecule has 1 heterocycles. The maximum atomic E-state index is 11.2. The predicted octanol–water partition coefficient (Wildman–Crippen LogP) is 0.325. The molecular weight excluding hydrogens is 142 g/mol. The topological polar surface area (TPSA) is 38.3 Å². The molecule has 0 bridgehead atoms. The molecule has 1 atom stereocenters. The van der Waals surface area contributed by atoms with Gasteiger partial charge in [0.1, 0.15) is 0 Å². The van der Waals surface area contributed by atoms with Crippen molar-refractivity contribution in [3.05, 3.63) is 12.7 Å². The van der Waals surface area contributed by atoms with E-state index < -0.39 is 0 Å². The third kappa shape index (κ3) is 2.35. The summed E-state index contributed by atoms with van der Waals surface area (Å²) >= 11 is 0. The first-order valence-electron chi connectivity index (χ1n) is 3.81. The van der Waals surface area contributed by atoms with Gasteiger partial charge in [-0.05, 0) is 6.42 Å². The molecule has 1 N–H and O–H groups in total. The van der Waals surface area contributed by atoms with Crippen molar-refractivity contribution in [1.82, 2.24) is 5.32 Å². The highest BCUT2D eigenvalue weighted by atomic mass is 16.5. The molecule has 1 saturated heterocycles. The van der Waals surface area contributed by atoms with E-state index in [1.807, 2.05) is 0 Å². The zero-order valence-electron chi connectivity index (χ0n) is 6.51. The Morgan fingerprint density at radius 2 is 2.64 bits per heavy atom. The predicted molar refractivity (Wildman–Crippen MR) is 42.1 cm³/mol. The van der Waals surface area contributed by atoms with Gasteiger partial charge in [0.15, 0.2) is 0 Å². The van der Waals surface area contributed by atoms with E-state index in [1.165, 1.54) is 0 Å². The lowest BCUT2D eigenvalue weighted by atomic mass is 10.1. The second-order valence-electron chi connectivity index (χ2n) is 2.59. The summed E-state index contributed by atoms with van der Waals surface area (Å²) < 4.78 is 5.07. The average molecular weight is 155 g/mol. The maximum Gasteiger partial charge on any atom is 0.225 e. The zero-order valence-corrected chi connectivity index (χ0v) is 6.51. The van der Waals surface area contributed by atoms with Crippen LogP contribution in [0.1, 0.15) is 6.42 Å². The molecule has 0 aromatic rings. The second-order valence-corrected chi connectivity index (χ2v) is 2.59. The number of carbonyl (C=O) groups is 1. The Morgan fingerprint density at radius 3 is 3.18 bits per heavy atom. The van der Waals surface area contributed by atoms with Crippen molar-refractivity contribution in [2.75, 3.05) is 19.8 Å². The molecule has 0 radical (unpaired) electrons. The van der Waals surface area contributed by atoms with Crippen LogP contribution in [0.2, 0.25) is 0 Å². The van der Waals surface area contributed by atoms with E-state index in [1.54, 1.807) is 6.08 Å². The SMILES string of the molecule is C=CCNC(=O)C1CCOC1. The first kappa shape index (κ1) is 8.27. The second kappa shape index (κ2) is 4.13. The van der Waals surface area contributed by atoms with Gasteiger partial charge in [-0.2, -0.15) is 0 Å². The molecule has 0 aliphatic carbocycles. The van der Waals surface area contributed by atoms with E-state index in [2.05, 4.69) is 11.9 Å². The van der Waals surface area contributed by atoms with E-state index in [9.17, 15) is 4.79 Å². The van der Waals surface area contributed by atoms with E-state index in [0.717, 1.165) is 6.42 Å². The first-order chi connectivity index (χ1) is 5.34. The number of hydrogen-bond acceptors (Lipinski definition) is 2. The number of hydrogen-bond donors (Lipinski definition) is 1. The Labute approximate surface area is 66.4 Å². The molecule has 1 aliphatic heterocycles. The lowest BCUT2D eigenvalue weighted by Crippen LogP contribution is -2.30.